The third-order valence-corrected chi connectivity index (χ3v) is 2.99. The summed E-state index contributed by atoms with van der Waals surface area (Å²) in [4.78, 5) is 33.5. The number of hydrogen-bond acceptors (Lipinski definition) is 4. The van der Waals surface area contributed by atoms with Gasteiger partial charge in [-0.1, -0.05) is 12.1 Å². The molecule has 0 unspecified atom stereocenters. The second-order valence-corrected chi connectivity index (χ2v) is 4.29. The number of aromatic nitrogens is 4. The van der Waals surface area contributed by atoms with Crippen molar-refractivity contribution < 1.29 is 4.74 Å². The van der Waals surface area contributed by atoms with Crippen LogP contribution in [0.25, 0.3) is 16.9 Å². The zero-order chi connectivity index (χ0) is 14.3. The van der Waals surface area contributed by atoms with Crippen molar-refractivity contribution in [3.63, 3.8) is 0 Å². The molecule has 0 atom stereocenters. The van der Waals surface area contributed by atoms with Gasteiger partial charge < -0.3 is 9.72 Å². The summed E-state index contributed by atoms with van der Waals surface area (Å²) in [6.45, 7) is 1.65. The minimum atomic E-state index is -0.437. The summed E-state index contributed by atoms with van der Waals surface area (Å²) in [5.41, 5.74) is 0.0968. The average Bonchev–Trinajstić information content (AvgIpc) is 2.74. The zero-order valence-electron chi connectivity index (χ0n) is 10.9. The van der Waals surface area contributed by atoms with Crippen LogP contribution in [0.15, 0.2) is 33.9 Å². The molecule has 0 aliphatic heterocycles. The van der Waals surface area contributed by atoms with Gasteiger partial charge in [0.2, 0.25) is 0 Å². The van der Waals surface area contributed by atoms with Crippen molar-refractivity contribution in [2.75, 3.05) is 7.11 Å². The normalized spacial score (nSPS) is 10.9. The summed E-state index contributed by atoms with van der Waals surface area (Å²) in [6, 6.07) is 6.97. The number of H-pyrrole nitrogens is 2. The molecule has 2 aromatic heterocycles. The van der Waals surface area contributed by atoms with E-state index in [2.05, 4.69) is 15.0 Å². The van der Waals surface area contributed by atoms with Crippen molar-refractivity contribution in [1.29, 1.82) is 0 Å². The summed E-state index contributed by atoms with van der Waals surface area (Å²) >= 11 is 0. The Morgan fingerprint density at radius 1 is 1.20 bits per heavy atom. The predicted molar refractivity (Wildman–Crippen MR) is 73.6 cm³/mol. The first-order chi connectivity index (χ1) is 9.61. The number of imidazole rings is 1. The minimum absolute atomic E-state index is 0.171. The maximum absolute atomic E-state index is 12.1. The van der Waals surface area contributed by atoms with Crippen molar-refractivity contribution in [1.82, 2.24) is 19.5 Å². The number of fused-ring (bicyclic) bond motifs is 1. The Kier molecular flexibility index (Phi) is 2.67. The maximum Gasteiger partial charge on any atom is 0.332 e. The van der Waals surface area contributed by atoms with Crippen LogP contribution in [0.1, 0.15) is 5.82 Å². The summed E-state index contributed by atoms with van der Waals surface area (Å²) in [5.74, 6) is 0.936. The summed E-state index contributed by atoms with van der Waals surface area (Å²) in [6.07, 6.45) is 0. The first-order valence-electron chi connectivity index (χ1n) is 5.97. The minimum Gasteiger partial charge on any atom is -0.495 e. The van der Waals surface area contributed by atoms with Crippen LogP contribution in [0.5, 0.6) is 5.75 Å². The number of aryl methyl sites for hydroxylation is 1. The molecule has 0 aliphatic carbocycles. The Labute approximate surface area is 112 Å². The lowest BCUT2D eigenvalue weighted by Gasteiger charge is -2.08. The van der Waals surface area contributed by atoms with Crippen molar-refractivity contribution in [2.24, 2.45) is 0 Å². The standard InChI is InChI=1S/C13H12N4O3/c1-7-14-11-10(12(18)15-7)17(13(19)16-11)8-5-3-4-6-9(8)20-2/h3-6H,1-2H3,(H2,14,15,16,18,19). The molecular weight excluding hydrogens is 260 g/mol. The van der Waals surface area contributed by atoms with Gasteiger partial charge in [0.05, 0.1) is 12.8 Å². The van der Waals surface area contributed by atoms with Gasteiger partial charge in [-0.2, -0.15) is 0 Å². The summed E-state index contributed by atoms with van der Waals surface area (Å²) in [7, 11) is 1.51. The number of hydrogen-bond donors (Lipinski definition) is 2. The van der Waals surface area contributed by atoms with Gasteiger partial charge in [-0.05, 0) is 19.1 Å². The van der Waals surface area contributed by atoms with E-state index < -0.39 is 5.69 Å². The molecule has 0 radical (unpaired) electrons. The van der Waals surface area contributed by atoms with E-state index in [0.29, 0.717) is 17.3 Å². The Balaban J connectivity index is 2.46. The van der Waals surface area contributed by atoms with E-state index in [1.54, 1.807) is 31.2 Å². The van der Waals surface area contributed by atoms with Crippen molar-refractivity contribution in [2.45, 2.75) is 6.92 Å². The SMILES string of the molecule is COc1ccccc1-n1c(=O)[nH]c2nc(C)[nH]c(=O)c21. The Morgan fingerprint density at radius 3 is 2.70 bits per heavy atom. The van der Waals surface area contributed by atoms with Gasteiger partial charge in [-0.25, -0.2) is 9.78 Å². The highest BCUT2D eigenvalue weighted by Gasteiger charge is 2.16. The lowest BCUT2D eigenvalue weighted by molar-refractivity contribution is 0.413. The van der Waals surface area contributed by atoms with Crippen LogP contribution in [0.2, 0.25) is 0 Å². The van der Waals surface area contributed by atoms with Gasteiger partial charge in [-0.15, -0.1) is 0 Å². The first-order valence-corrected chi connectivity index (χ1v) is 5.97. The van der Waals surface area contributed by atoms with Gasteiger partial charge in [-0.3, -0.25) is 14.3 Å². The maximum atomic E-state index is 12.1. The first kappa shape index (κ1) is 12.2. The van der Waals surface area contributed by atoms with E-state index in [1.807, 2.05) is 0 Å². The Morgan fingerprint density at radius 2 is 1.95 bits per heavy atom. The highest BCUT2D eigenvalue weighted by molar-refractivity contribution is 5.73. The molecule has 102 valence electrons. The largest absolute Gasteiger partial charge is 0.495 e. The van der Waals surface area contributed by atoms with Crippen molar-refractivity contribution >= 4 is 11.2 Å². The fourth-order valence-electron chi connectivity index (χ4n) is 2.18. The van der Waals surface area contributed by atoms with E-state index in [0.717, 1.165) is 0 Å². The molecule has 0 saturated carbocycles. The number of aromatic amines is 2. The van der Waals surface area contributed by atoms with Crippen LogP contribution < -0.4 is 16.0 Å². The van der Waals surface area contributed by atoms with Crippen LogP contribution >= 0.6 is 0 Å². The number of nitrogens with one attached hydrogen (secondary N) is 2. The fourth-order valence-corrected chi connectivity index (χ4v) is 2.18. The molecule has 3 aromatic rings. The number of methoxy groups -OCH3 is 1. The van der Waals surface area contributed by atoms with E-state index >= 15 is 0 Å². The van der Waals surface area contributed by atoms with Gasteiger partial charge in [0.15, 0.2) is 11.2 Å². The molecule has 0 fully saturated rings. The number of para-hydroxylation sites is 2. The summed E-state index contributed by atoms with van der Waals surface area (Å²) < 4.78 is 6.49. The van der Waals surface area contributed by atoms with Gasteiger partial charge in [0.1, 0.15) is 11.6 Å². The number of nitrogens with zero attached hydrogens (tertiary/aromatic N) is 2. The predicted octanol–water partition coefficient (Wildman–Crippen LogP) is 0.719. The Hall–Kier alpha value is -2.83. The molecule has 2 N–H and O–H groups in total. The molecular formula is C13H12N4O3. The smallest absolute Gasteiger partial charge is 0.332 e. The average molecular weight is 272 g/mol. The molecule has 0 spiro atoms. The van der Waals surface area contributed by atoms with E-state index in [1.165, 1.54) is 11.7 Å². The van der Waals surface area contributed by atoms with Crippen LogP contribution in [0.4, 0.5) is 0 Å². The number of benzene rings is 1. The molecule has 0 aliphatic rings. The molecule has 20 heavy (non-hydrogen) atoms. The monoisotopic (exact) mass is 272 g/mol. The molecule has 2 heterocycles. The van der Waals surface area contributed by atoms with Gasteiger partial charge in [0.25, 0.3) is 5.56 Å². The fraction of sp³-hybridized carbons (Fsp3) is 0.154. The molecule has 0 saturated heterocycles. The number of ether oxygens (including phenoxy) is 1. The van der Waals surface area contributed by atoms with E-state index in [9.17, 15) is 9.59 Å². The molecule has 1 aromatic carbocycles. The van der Waals surface area contributed by atoms with E-state index in [-0.39, 0.29) is 16.7 Å². The topological polar surface area (TPSA) is 92.8 Å². The van der Waals surface area contributed by atoms with Crippen LogP contribution in [0.3, 0.4) is 0 Å². The highest BCUT2D eigenvalue weighted by atomic mass is 16.5. The third-order valence-electron chi connectivity index (χ3n) is 2.99. The number of rotatable bonds is 2. The van der Waals surface area contributed by atoms with E-state index in [4.69, 9.17) is 4.74 Å². The van der Waals surface area contributed by atoms with Crippen LogP contribution in [-0.2, 0) is 0 Å². The van der Waals surface area contributed by atoms with Gasteiger partial charge in [0, 0.05) is 0 Å². The van der Waals surface area contributed by atoms with Crippen molar-refractivity contribution in [3.8, 4) is 11.4 Å². The lowest BCUT2D eigenvalue weighted by Crippen LogP contribution is -2.19. The van der Waals surface area contributed by atoms with Crippen molar-refractivity contribution in [3.05, 3.63) is 50.9 Å². The molecule has 3 rings (SSSR count). The van der Waals surface area contributed by atoms with Crippen LogP contribution in [-0.4, -0.2) is 26.6 Å². The second-order valence-electron chi connectivity index (χ2n) is 4.29. The Bertz CT molecular complexity index is 904. The zero-order valence-corrected chi connectivity index (χ0v) is 10.9. The lowest BCUT2D eigenvalue weighted by atomic mass is 10.3. The molecule has 7 nitrogen and oxygen atoms in total. The summed E-state index contributed by atoms with van der Waals surface area (Å²) in [5, 5.41) is 0. The second kappa shape index (κ2) is 4.37. The van der Waals surface area contributed by atoms with Crippen LogP contribution in [0, 0.1) is 6.92 Å². The highest BCUT2D eigenvalue weighted by Crippen LogP contribution is 2.22. The molecule has 0 amide bonds. The molecule has 0 bridgehead atoms. The third kappa shape index (κ3) is 1.71. The quantitative estimate of drug-likeness (QED) is 0.719. The molecule has 7 heteroatoms. The van der Waals surface area contributed by atoms with Gasteiger partial charge >= 0.3 is 5.69 Å².